The largest absolute Gasteiger partial charge is 0.338 e. The van der Waals surface area contributed by atoms with Gasteiger partial charge in [-0.1, -0.05) is 53.5 Å². The summed E-state index contributed by atoms with van der Waals surface area (Å²) in [5.41, 5.74) is 2.69. The number of likely N-dealkylation sites (tertiary alicyclic amines) is 2. The summed E-state index contributed by atoms with van der Waals surface area (Å²) in [5, 5.41) is 12.5. The Morgan fingerprint density at radius 2 is 1.57 bits per heavy atom. The van der Waals surface area contributed by atoms with Crippen LogP contribution in [0.3, 0.4) is 0 Å². The van der Waals surface area contributed by atoms with Crippen molar-refractivity contribution in [1.29, 1.82) is 5.26 Å². The predicted octanol–water partition coefficient (Wildman–Crippen LogP) is 7.98. The van der Waals surface area contributed by atoms with E-state index in [1.54, 1.807) is 58.3 Å². The minimum atomic E-state index is -0.419. The molecule has 0 atom stereocenters. The number of piperidine rings is 2. The molecule has 0 bridgehead atoms. The molecule has 2 fully saturated rings. The molecule has 0 aliphatic carbocycles. The second-order valence-electron chi connectivity index (χ2n) is 13.2. The minimum Gasteiger partial charge on any atom is -0.338 e. The van der Waals surface area contributed by atoms with Gasteiger partial charge in [-0.3, -0.25) is 14.7 Å². The van der Waals surface area contributed by atoms with Crippen LogP contribution in [0.25, 0.3) is 0 Å². The van der Waals surface area contributed by atoms with Gasteiger partial charge in [-0.2, -0.15) is 5.26 Å². The van der Waals surface area contributed by atoms with E-state index in [9.17, 15) is 18.4 Å². The summed E-state index contributed by atoms with van der Waals surface area (Å²) in [7, 11) is 0. The van der Waals surface area contributed by atoms with Crippen molar-refractivity contribution < 1.29 is 18.4 Å². The van der Waals surface area contributed by atoms with Crippen LogP contribution in [-0.2, 0) is 12.0 Å². The monoisotopic (exact) mass is 730 g/mol. The van der Waals surface area contributed by atoms with Gasteiger partial charge in [-0.25, -0.2) is 13.6 Å². The molecule has 2 aliphatic rings. The van der Waals surface area contributed by atoms with Gasteiger partial charge >= 0.3 is 6.03 Å². The van der Waals surface area contributed by atoms with E-state index in [4.69, 9.17) is 28.5 Å². The fourth-order valence-electron chi connectivity index (χ4n) is 7.27. The highest BCUT2D eigenvalue weighted by Gasteiger charge is 2.39. The molecule has 51 heavy (non-hydrogen) atoms. The van der Waals surface area contributed by atoms with Gasteiger partial charge in [-0.05, 0) is 97.7 Å². The van der Waals surface area contributed by atoms with Gasteiger partial charge in [0.25, 0.3) is 5.91 Å². The average molecular weight is 732 g/mol. The van der Waals surface area contributed by atoms with Crippen molar-refractivity contribution in [2.75, 3.05) is 37.6 Å². The summed E-state index contributed by atoms with van der Waals surface area (Å²) in [6.07, 6.45) is 6.24. The van der Waals surface area contributed by atoms with Crippen molar-refractivity contribution in [3.05, 3.63) is 129 Å². The Morgan fingerprint density at radius 3 is 2.20 bits per heavy atom. The van der Waals surface area contributed by atoms with E-state index in [1.165, 1.54) is 30.6 Å². The fourth-order valence-corrected chi connectivity index (χ4v) is 7.79. The standard InChI is InChI=1S/C39H38Cl2F2N6O2/c40-34-25-45-26-35(41)36(34)37(50)48-19-14-39(15-20-48,29-3-1-4-30(42)21-29)13-18-47-16-11-32(12-17-47)49(33-6-2-5-31(43)22-33)38(51)46-24-28-9-7-27(23-44)8-10-28/h1-10,21-22,25-26,32H,11-20,24H2,(H,46,51). The lowest BCUT2D eigenvalue weighted by Gasteiger charge is -2.44. The number of benzene rings is 3. The number of amides is 3. The van der Waals surface area contributed by atoms with Gasteiger partial charge in [0, 0.05) is 56.8 Å². The van der Waals surface area contributed by atoms with E-state index in [1.807, 2.05) is 6.07 Å². The maximum Gasteiger partial charge on any atom is 0.322 e. The van der Waals surface area contributed by atoms with Crippen molar-refractivity contribution in [2.45, 2.75) is 50.1 Å². The zero-order valence-corrected chi connectivity index (χ0v) is 29.5. The molecular weight excluding hydrogens is 693 g/mol. The molecule has 0 radical (unpaired) electrons. The molecule has 1 aromatic heterocycles. The van der Waals surface area contributed by atoms with Crippen LogP contribution in [-0.4, -0.2) is 65.5 Å². The van der Waals surface area contributed by atoms with Crippen LogP contribution in [0, 0.1) is 23.0 Å². The smallest absolute Gasteiger partial charge is 0.322 e. The number of carbonyl (C=O) groups is 2. The third-order valence-electron chi connectivity index (χ3n) is 10.2. The lowest BCUT2D eigenvalue weighted by Crippen LogP contribution is -2.51. The molecule has 0 spiro atoms. The van der Waals surface area contributed by atoms with E-state index in [-0.39, 0.29) is 51.4 Å². The fraction of sp³-hybridized carbons (Fsp3) is 0.333. The molecule has 3 amide bonds. The number of hydrogen-bond donors (Lipinski definition) is 1. The maximum atomic E-state index is 14.6. The molecule has 2 saturated heterocycles. The van der Waals surface area contributed by atoms with Gasteiger partial charge in [0.15, 0.2) is 0 Å². The SMILES string of the molecule is N#Cc1ccc(CNC(=O)N(c2cccc(F)c2)C2CCN(CCC3(c4cccc(F)c4)CCN(C(=O)c4c(Cl)cncc4Cl)CC3)CC2)cc1. The number of nitrogens with zero attached hydrogens (tertiary/aromatic N) is 5. The van der Waals surface area contributed by atoms with E-state index in [2.05, 4.69) is 21.3 Å². The lowest BCUT2D eigenvalue weighted by molar-refractivity contribution is 0.0645. The van der Waals surface area contributed by atoms with Crippen LogP contribution in [0.15, 0.2) is 85.2 Å². The predicted molar refractivity (Wildman–Crippen MR) is 194 cm³/mol. The van der Waals surface area contributed by atoms with E-state index in [0.717, 1.165) is 37.2 Å². The number of nitrogens with one attached hydrogen (secondary N) is 1. The molecule has 2 aliphatic heterocycles. The highest BCUT2D eigenvalue weighted by Crippen LogP contribution is 2.40. The molecule has 6 rings (SSSR count). The topological polar surface area (TPSA) is 92.6 Å². The first-order valence-corrected chi connectivity index (χ1v) is 17.8. The Bertz CT molecular complexity index is 1880. The van der Waals surface area contributed by atoms with Crippen LogP contribution in [0.1, 0.15) is 59.2 Å². The van der Waals surface area contributed by atoms with Crippen molar-refractivity contribution in [1.82, 2.24) is 20.1 Å². The van der Waals surface area contributed by atoms with E-state index < -0.39 is 5.82 Å². The summed E-state index contributed by atoms with van der Waals surface area (Å²) in [4.78, 5) is 36.8. The van der Waals surface area contributed by atoms with Crippen molar-refractivity contribution >= 4 is 40.8 Å². The maximum absolute atomic E-state index is 14.6. The molecule has 1 N–H and O–H groups in total. The van der Waals surface area contributed by atoms with E-state index >= 15 is 0 Å². The van der Waals surface area contributed by atoms with Gasteiger partial charge in [0.05, 0.1) is 27.2 Å². The number of rotatable bonds is 9. The number of nitriles is 1. The van der Waals surface area contributed by atoms with Crippen LogP contribution >= 0.6 is 23.2 Å². The third-order valence-corrected chi connectivity index (χ3v) is 10.7. The summed E-state index contributed by atoms with van der Waals surface area (Å²) < 4.78 is 28.9. The Hall–Kier alpha value is -4.56. The third kappa shape index (κ3) is 8.50. The number of hydrogen-bond acceptors (Lipinski definition) is 5. The van der Waals surface area contributed by atoms with Gasteiger partial charge in [0.2, 0.25) is 0 Å². The molecule has 0 unspecified atom stereocenters. The molecule has 12 heteroatoms. The van der Waals surface area contributed by atoms with Crippen molar-refractivity contribution in [3.8, 4) is 6.07 Å². The van der Waals surface area contributed by atoms with Gasteiger partial charge in [0.1, 0.15) is 11.6 Å². The normalized spacial score (nSPS) is 16.3. The summed E-state index contributed by atoms with van der Waals surface area (Å²) in [5.74, 6) is -0.959. The Morgan fingerprint density at radius 1 is 0.922 bits per heavy atom. The number of halogens is 4. The van der Waals surface area contributed by atoms with Gasteiger partial charge < -0.3 is 15.1 Å². The summed E-state index contributed by atoms with van der Waals surface area (Å²) in [6, 6.07) is 21.5. The Labute approximate surface area is 306 Å². The Kier molecular flexibility index (Phi) is 11.5. The minimum absolute atomic E-state index is 0.151. The molecule has 8 nitrogen and oxygen atoms in total. The first-order chi connectivity index (χ1) is 24.7. The number of pyridine rings is 1. The van der Waals surface area contributed by atoms with Crippen molar-refractivity contribution in [3.63, 3.8) is 0 Å². The molecule has 264 valence electrons. The van der Waals surface area contributed by atoms with Gasteiger partial charge in [-0.15, -0.1) is 0 Å². The van der Waals surface area contributed by atoms with Crippen LogP contribution in [0.5, 0.6) is 0 Å². The van der Waals surface area contributed by atoms with Crippen molar-refractivity contribution in [2.24, 2.45) is 0 Å². The number of carbonyl (C=O) groups excluding carboxylic acids is 2. The number of aromatic nitrogens is 1. The molecule has 3 aromatic carbocycles. The first-order valence-electron chi connectivity index (χ1n) is 17.0. The highest BCUT2D eigenvalue weighted by molar-refractivity contribution is 6.39. The first kappa shape index (κ1) is 36.2. The number of anilines is 1. The highest BCUT2D eigenvalue weighted by atomic mass is 35.5. The molecule has 3 heterocycles. The molecular formula is C39H38Cl2F2N6O2. The zero-order valence-electron chi connectivity index (χ0n) is 28.0. The summed E-state index contributed by atoms with van der Waals surface area (Å²) >= 11 is 12.6. The van der Waals surface area contributed by atoms with Crippen LogP contribution < -0.4 is 10.2 Å². The van der Waals surface area contributed by atoms with Crippen LogP contribution in [0.4, 0.5) is 19.3 Å². The Balaban J connectivity index is 1.11. The lowest BCUT2D eigenvalue weighted by atomic mass is 9.70. The zero-order chi connectivity index (χ0) is 36.0. The summed E-state index contributed by atoms with van der Waals surface area (Å²) in [6.45, 7) is 3.40. The second kappa shape index (κ2) is 16.2. The number of urea groups is 1. The molecule has 0 saturated carbocycles. The quantitative estimate of drug-likeness (QED) is 0.189. The van der Waals surface area contributed by atoms with Crippen LogP contribution in [0.2, 0.25) is 10.0 Å². The van der Waals surface area contributed by atoms with E-state index in [0.29, 0.717) is 50.0 Å². The molecule has 4 aromatic rings. The second-order valence-corrected chi connectivity index (χ2v) is 14.0. The average Bonchev–Trinajstić information content (AvgIpc) is 3.14.